The highest BCUT2D eigenvalue weighted by molar-refractivity contribution is 7.09. The lowest BCUT2D eigenvalue weighted by atomic mass is 10.1. The molecule has 0 aliphatic heterocycles. The molecule has 0 saturated heterocycles. The molecule has 1 amide bonds. The number of nitro benzene ring substituents is 1. The Hall–Kier alpha value is -17.3. The Kier molecular flexibility index (Phi) is 25.0. The number of alkyl halides is 6. The SMILES string of the molecule is CC(=O)Nc1cccc(Cn2c(C(=O)O)c(-n3c(=O)[nH]c4cscc4c3=O)c3cc(Cl)ccc32)c1.Cc1ccccc1Cn1c(C(=O)O)c(-n2c(=O)[nH]c3cscc3c2=O)c2cc(C(F)(F)F)ccc21.O=C(O)c1c(-n2c(=O)[nH]c3ccccc3c2=O)c2cc(Cl)ccc2n1Cc1cccc([N+](=O)[O-])c1.O=C(O)c1c(-n2c(=O)[nH]c3cscc3c2=O)c2cc(C(F)(F)F)ccc2n1Cc1ccc(O)cc1. The molecule has 140 heavy (non-hydrogen) atoms. The number of hydrogen-bond donors (Lipinski definition) is 10. The van der Waals surface area contributed by atoms with Gasteiger partial charge in [0.2, 0.25) is 5.91 Å². The van der Waals surface area contributed by atoms with Crippen molar-refractivity contribution in [3.63, 3.8) is 0 Å². The molecule has 11 heterocycles. The van der Waals surface area contributed by atoms with Crippen molar-refractivity contribution >= 4 is 186 Å². The Labute approximate surface area is 795 Å². The molecule has 20 aromatic rings. The third-order valence-electron chi connectivity index (χ3n) is 22.8. The number of rotatable bonds is 18. The van der Waals surface area contributed by atoms with Crippen molar-refractivity contribution in [3.8, 4) is 28.5 Å². The second-order valence-electron chi connectivity index (χ2n) is 31.5. The second-order valence-corrected chi connectivity index (χ2v) is 34.6. The number of hydrogen-bond acceptors (Lipinski definition) is 19. The van der Waals surface area contributed by atoms with Crippen LogP contribution in [0.1, 0.15) is 87.8 Å². The number of fused-ring (bicyclic) bond motifs is 8. The maximum absolute atomic E-state index is 13.6. The predicted molar refractivity (Wildman–Crippen MR) is 514 cm³/mol. The van der Waals surface area contributed by atoms with Crippen molar-refractivity contribution < 1.29 is 80.8 Å². The van der Waals surface area contributed by atoms with E-state index in [1.807, 2.05) is 13.0 Å². The summed E-state index contributed by atoms with van der Waals surface area (Å²) in [4.78, 5) is 188. The number of carboxylic acid groups (broad SMARTS) is 4. The quantitative estimate of drug-likeness (QED) is 0.0217. The molecule has 10 N–H and O–H groups in total. The Morgan fingerprint density at radius 3 is 1.15 bits per heavy atom. The molecule has 0 radical (unpaired) electrons. The van der Waals surface area contributed by atoms with Crippen molar-refractivity contribution in [2.24, 2.45) is 0 Å². The van der Waals surface area contributed by atoms with Crippen molar-refractivity contribution in [2.45, 2.75) is 52.4 Å². The lowest BCUT2D eigenvalue weighted by Crippen LogP contribution is -2.34. The number of phenols is 1. The number of nitro groups is 1. The minimum Gasteiger partial charge on any atom is -0.508 e. The zero-order valence-electron chi connectivity index (χ0n) is 71.4. The number of nitrogens with zero attached hydrogens (tertiary/aromatic N) is 9. The number of amides is 1. The number of carbonyl (C=O) groups is 5. The van der Waals surface area contributed by atoms with Crippen molar-refractivity contribution in [3.05, 3.63) is 392 Å². The molecular formula is C95H62Cl2F6N14O20S3. The van der Waals surface area contributed by atoms with Crippen LogP contribution in [0.25, 0.3) is 110 Å². The summed E-state index contributed by atoms with van der Waals surface area (Å²) in [6, 6.07) is 46.9. The molecule has 0 spiro atoms. The van der Waals surface area contributed by atoms with Crippen LogP contribution in [-0.4, -0.2) is 117 Å². The molecule has 11 aromatic heterocycles. The summed E-state index contributed by atoms with van der Waals surface area (Å²) in [5, 5.41) is 74.9. The predicted octanol–water partition coefficient (Wildman–Crippen LogP) is 16.9. The van der Waals surface area contributed by atoms with E-state index in [0.29, 0.717) is 64.0 Å². The topological polar surface area (TPSA) is 481 Å². The number of carboxylic acids is 4. The minimum absolute atomic E-state index is 0.00349. The number of phenolic OH excluding ortho intramolecular Hbond substituents is 1. The molecule has 0 saturated carbocycles. The highest BCUT2D eigenvalue weighted by atomic mass is 35.5. The molecule has 0 atom stereocenters. The molecule has 706 valence electrons. The average Bonchev–Trinajstić information content (AvgIpc) is 1.60. The maximum atomic E-state index is 13.6. The summed E-state index contributed by atoms with van der Waals surface area (Å²) in [6.45, 7) is 3.14. The Morgan fingerprint density at radius 1 is 0.393 bits per heavy atom. The first-order valence-corrected chi connectivity index (χ1v) is 44.6. The molecule has 20 rings (SSSR count). The molecular weight excluding hydrogens is 1940 g/mol. The number of benzene rings is 9. The van der Waals surface area contributed by atoms with E-state index < -0.39 is 120 Å². The number of halogens is 8. The standard InChI is InChI=1S/C24H15ClN4O6.C24H17ClN4O5S.C24H16F3N3O4S.C23H14F3N3O5S/c25-14-8-9-19-17(11-14)20(28-22(30)16-6-1-2-7-18(16)26-24(28)33)21(23(31)32)27(19)12-13-4-3-5-15(10-13)29(34)35;1-12(30)26-15-4-2-3-13(7-15)9-28-19-6-5-14(25)8-16(19)20(21(28)23(32)33)29-22(31)17-10-35-11-18(17)27-24(29)34;1-12-4-2-3-5-13(12)9-29-18-7-6-14(24(25,26)27)8-15(18)19(20(29)22(32)33)30-21(31)16-10-35-11-17(16)28-23(30)34;24-23(25,26)12-3-6-17-14(7-12)18(29-20(31)15-9-35-10-16(15)27-22(29)34)19(21(32)33)28(17)8-11-1-4-13(30)5-2-11/h1-11H,12H2,(H,26,33)(H,31,32);2-8,10-11H,9H2,1H3,(H,26,30)(H,27,34)(H,32,33);2-8,10-11H,9H2,1H3,(H,28,34)(H,32,33);1-7,9-10,30H,8H2,(H,27,34)(H,32,33). The van der Waals surface area contributed by atoms with Crippen LogP contribution in [0.4, 0.5) is 37.7 Å². The summed E-state index contributed by atoms with van der Waals surface area (Å²) in [7, 11) is 0. The minimum atomic E-state index is -4.75. The first-order valence-electron chi connectivity index (χ1n) is 41.0. The van der Waals surface area contributed by atoms with Gasteiger partial charge in [-0.3, -0.25) is 34.1 Å². The van der Waals surface area contributed by atoms with Gasteiger partial charge in [-0.05, 0) is 144 Å². The third-order valence-corrected chi connectivity index (χ3v) is 25.5. The average molecular weight is 2000 g/mol. The van der Waals surface area contributed by atoms with Crippen LogP contribution in [-0.2, 0) is 43.3 Å². The number of aromatic amines is 4. The summed E-state index contributed by atoms with van der Waals surface area (Å²) in [5.41, 5.74) is -5.29. The van der Waals surface area contributed by atoms with Crippen LogP contribution in [0, 0.1) is 17.0 Å². The molecule has 0 unspecified atom stereocenters. The summed E-state index contributed by atoms with van der Waals surface area (Å²) in [5.74, 6) is -6.00. The van der Waals surface area contributed by atoms with Crippen LogP contribution < -0.4 is 50.3 Å². The van der Waals surface area contributed by atoms with Gasteiger partial charge in [-0.25, -0.2) is 56.6 Å². The zero-order valence-corrected chi connectivity index (χ0v) is 75.4. The number of aromatic carboxylic acids is 4. The fraction of sp³-hybridized carbons (Fsp3) is 0.0842. The van der Waals surface area contributed by atoms with Crippen molar-refractivity contribution in [1.29, 1.82) is 0 Å². The number of aromatic hydroxyl groups is 1. The molecule has 9 aromatic carbocycles. The van der Waals surface area contributed by atoms with Gasteiger partial charge in [0.1, 0.15) is 5.75 Å². The highest BCUT2D eigenvalue weighted by Crippen LogP contribution is 2.41. The molecule has 0 fully saturated rings. The largest absolute Gasteiger partial charge is 0.508 e. The van der Waals surface area contributed by atoms with E-state index in [1.165, 1.54) is 113 Å². The van der Waals surface area contributed by atoms with E-state index >= 15 is 0 Å². The van der Waals surface area contributed by atoms with Crippen LogP contribution in [0.15, 0.2) is 265 Å². The van der Waals surface area contributed by atoms with Crippen LogP contribution >= 0.6 is 57.2 Å². The van der Waals surface area contributed by atoms with E-state index in [1.54, 1.807) is 107 Å². The van der Waals surface area contributed by atoms with Crippen LogP contribution in [0.5, 0.6) is 5.75 Å². The van der Waals surface area contributed by atoms with Gasteiger partial charge in [0, 0.05) is 115 Å². The number of H-pyrrole nitrogens is 4. The lowest BCUT2D eigenvalue weighted by Gasteiger charge is -2.12. The summed E-state index contributed by atoms with van der Waals surface area (Å²) < 4.78 is 89.6. The van der Waals surface area contributed by atoms with Crippen molar-refractivity contribution in [1.82, 2.24) is 56.5 Å². The first kappa shape index (κ1) is 94.5. The van der Waals surface area contributed by atoms with Gasteiger partial charge >= 0.3 is 59.0 Å². The number of non-ortho nitro benzene ring substituents is 1. The van der Waals surface area contributed by atoms with Crippen LogP contribution in [0.2, 0.25) is 10.0 Å². The van der Waals surface area contributed by atoms with Gasteiger partial charge in [0.05, 0.1) is 104 Å². The number of nitrogens with one attached hydrogen (secondary N) is 5. The summed E-state index contributed by atoms with van der Waals surface area (Å²) >= 11 is 16.0. The summed E-state index contributed by atoms with van der Waals surface area (Å²) in [6.07, 6.45) is -9.47. The smallest absolute Gasteiger partial charge is 0.416 e. The van der Waals surface area contributed by atoms with Gasteiger partial charge in [0.25, 0.3) is 27.9 Å². The van der Waals surface area contributed by atoms with Gasteiger partial charge in [0.15, 0.2) is 22.8 Å². The van der Waals surface area contributed by atoms with E-state index in [9.17, 15) is 124 Å². The van der Waals surface area contributed by atoms with Crippen LogP contribution in [0.3, 0.4) is 0 Å². The Bertz CT molecular complexity index is 9180. The molecule has 45 heteroatoms. The number of aryl methyl sites for hydroxylation is 1. The molecule has 0 aliphatic rings. The van der Waals surface area contributed by atoms with Crippen molar-refractivity contribution in [2.75, 3.05) is 5.32 Å². The highest BCUT2D eigenvalue weighted by Gasteiger charge is 2.38. The Morgan fingerprint density at radius 2 is 0.750 bits per heavy atom. The lowest BCUT2D eigenvalue weighted by molar-refractivity contribution is -0.384. The first-order chi connectivity index (χ1) is 66.6. The number of aromatic nitrogens is 12. The van der Waals surface area contributed by atoms with Gasteiger partial charge in [-0.1, -0.05) is 96.0 Å². The van der Waals surface area contributed by atoms with E-state index in [-0.39, 0.29) is 131 Å². The van der Waals surface area contributed by atoms with Gasteiger partial charge in [-0.2, -0.15) is 26.3 Å². The van der Waals surface area contributed by atoms with Gasteiger partial charge < -0.3 is 69.1 Å². The normalized spacial score (nSPS) is 11.6. The number of para-hydroxylation sites is 1. The maximum Gasteiger partial charge on any atom is 0.416 e. The van der Waals surface area contributed by atoms with E-state index in [0.717, 1.165) is 79.3 Å². The fourth-order valence-corrected chi connectivity index (χ4v) is 19.3. The second kappa shape index (κ2) is 37.1. The third kappa shape index (κ3) is 17.7. The monoisotopic (exact) mass is 2000 g/mol. The van der Waals surface area contributed by atoms with E-state index in [2.05, 4.69) is 25.3 Å². The van der Waals surface area contributed by atoms with Gasteiger partial charge in [-0.15, -0.1) is 34.0 Å². The zero-order chi connectivity index (χ0) is 99.8. The Balaban J connectivity index is 0.000000129. The number of thiophene rings is 3. The molecule has 0 aliphatic carbocycles. The molecule has 34 nitrogen and oxygen atoms in total. The number of carbonyl (C=O) groups excluding carboxylic acids is 1. The number of anilines is 1. The fourth-order valence-electron chi connectivity index (χ4n) is 16.7. The van der Waals surface area contributed by atoms with E-state index in [4.69, 9.17) is 23.2 Å². The molecule has 0 bridgehead atoms.